The Kier molecular flexibility index (Phi) is 3.82. The minimum absolute atomic E-state index is 0.0160. The molecular formula is C17H27N. The second-order valence-electron chi connectivity index (χ2n) is 7.06. The summed E-state index contributed by atoms with van der Waals surface area (Å²) in [5.41, 5.74) is 8.50. The Bertz CT molecular complexity index is 376. The Morgan fingerprint density at radius 2 is 1.83 bits per heavy atom. The first-order valence-electron chi connectivity index (χ1n) is 7.25. The van der Waals surface area contributed by atoms with E-state index in [1.807, 2.05) is 0 Å². The molecule has 0 amide bonds. The van der Waals surface area contributed by atoms with Gasteiger partial charge in [0.25, 0.3) is 0 Å². The molecule has 1 aromatic rings. The minimum Gasteiger partial charge on any atom is -0.325 e. The Labute approximate surface area is 112 Å². The van der Waals surface area contributed by atoms with Gasteiger partial charge in [0.1, 0.15) is 0 Å². The highest BCUT2D eigenvalue weighted by Crippen LogP contribution is 2.44. The Morgan fingerprint density at radius 1 is 1.17 bits per heavy atom. The van der Waals surface area contributed by atoms with Crippen molar-refractivity contribution in [3.05, 3.63) is 35.9 Å². The number of hydrogen-bond acceptors (Lipinski definition) is 1. The van der Waals surface area contributed by atoms with Gasteiger partial charge in [0.15, 0.2) is 0 Å². The monoisotopic (exact) mass is 245 g/mol. The fourth-order valence-electron chi connectivity index (χ4n) is 3.75. The molecule has 0 saturated heterocycles. The highest BCUT2D eigenvalue weighted by molar-refractivity contribution is 5.19. The van der Waals surface area contributed by atoms with E-state index < -0.39 is 0 Å². The van der Waals surface area contributed by atoms with E-state index in [2.05, 4.69) is 51.1 Å². The van der Waals surface area contributed by atoms with E-state index in [9.17, 15) is 0 Å². The highest BCUT2D eigenvalue weighted by Gasteiger charge is 2.43. The van der Waals surface area contributed by atoms with Crippen LogP contribution in [0.1, 0.15) is 52.0 Å². The summed E-state index contributed by atoms with van der Waals surface area (Å²) in [5.74, 6) is 0.624. The second-order valence-corrected chi connectivity index (χ2v) is 7.06. The lowest BCUT2D eigenvalue weighted by Crippen LogP contribution is -2.55. The fraction of sp³-hybridized carbons (Fsp3) is 0.647. The van der Waals surface area contributed by atoms with Crippen molar-refractivity contribution in [2.24, 2.45) is 17.1 Å². The zero-order valence-corrected chi connectivity index (χ0v) is 12.1. The summed E-state index contributed by atoms with van der Waals surface area (Å²) in [5, 5.41) is 0. The fourth-order valence-corrected chi connectivity index (χ4v) is 3.75. The normalized spacial score (nSPS) is 29.2. The molecule has 1 heteroatoms. The SMILES string of the molecule is CC(C)(C)C1CCCCC1(N)Cc1ccccc1. The second kappa shape index (κ2) is 5.05. The molecule has 1 saturated carbocycles. The molecule has 1 aliphatic carbocycles. The molecule has 2 rings (SSSR count). The molecule has 1 nitrogen and oxygen atoms in total. The van der Waals surface area contributed by atoms with Crippen LogP contribution in [0.15, 0.2) is 30.3 Å². The maximum Gasteiger partial charge on any atom is 0.0228 e. The molecule has 2 N–H and O–H groups in total. The maximum absolute atomic E-state index is 6.82. The van der Waals surface area contributed by atoms with E-state index >= 15 is 0 Å². The van der Waals surface area contributed by atoms with Crippen LogP contribution in [-0.2, 0) is 6.42 Å². The Hall–Kier alpha value is -0.820. The van der Waals surface area contributed by atoms with Gasteiger partial charge in [-0.2, -0.15) is 0 Å². The molecular weight excluding hydrogens is 218 g/mol. The van der Waals surface area contributed by atoms with Crippen molar-refractivity contribution in [2.45, 2.75) is 58.4 Å². The van der Waals surface area contributed by atoms with Gasteiger partial charge >= 0.3 is 0 Å². The van der Waals surface area contributed by atoms with Crippen LogP contribution in [0, 0.1) is 11.3 Å². The van der Waals surface area contributed by atoms with E-state index in [-0.39, 0.29) is 5.54 Å². The largest absolute Gasteiger partial charge is 0.325 e. The molecule has 0 bridgehead atoms. The molecule has 18 heavy (non-hydrogen) atoms. The molecule has 0 radical (unpaired) electrons. The van der Waals surface area contributed by atoms with Gasteiger partial charge in [-0.1, -0.05) is 63.9 Å². The summed E-state index contributed by atoms with van der Waals surface area (Å²) >= 11 is 0. The molecule has 0 aromatic heterocycles. The zero-order chi connectivity index (χ0) is 13.2. The van der Waals surface area contributed by atoms with Crippen LogP contribution < -0.4 is 5.73 Å². The van der Waals surface area contributed by atoms with Gasteiger partial charge in [-0.25, -0.2) is 0 Å². The van der Waals surface area contributed by atoms with E-state index in [0.29, 0.717) is 11.3 Å². The topological polar surface area (TPSA) is 26.0 Å². The predicted octanol–water partition coefficient (Wildman–Crippen LogP) is 4.16. The van der Waals surface area contributed by atoms with Crippen molar-refractivity contribution in [3.63, 3.8) is 0 Å². The van der Waals surface area contributed by atoms with E-state index in [1.165, 1.54) is 31.2 Å². The van der Waals surface area contributed by atoms with Crippen molar-refractivity contribution in [3.8, 4) is 0 Å². The number of nitrogens with two attached hydrogens (primary N) is 1. The predicted molar refractivity (Wildman–Crippen MR) is 78.5 cm³/mol. The summed E-state index contributed by atoms with van der Waals surface area (Å²) < 4.78 is 0. The number of hydrogen-bond donors (Lipinski definition) is 1. The van der Waals surface area contributed by atoms with Crippen LogP contribution in [0.5, 0.6) is 0 Å². The quantitative estimate of drug-likeness (QED) is 0.831. The first-order chi connectivity index (χ1) is 8.42. The van der Waals surface area contributed by atoms with E-state index in [1.54, 1.807) is 0 Å². The van der Waals surface area contributed by atoms with Crippen LogP contribution in [0.3, 0.4) is 0 Å². The van der Waals surface area contributed by atoms with Crippen molar-refractivity contribution in [1.29, 1.82) is 0 Å². The molecule has 1 aliphatic rings. The summed E-state index contributed by atoms with van der Waals surface area (Å²) in [6.45, 7) is 7.03. The lowest BCUT2D eigenvalue weighted by molar-refractivity contribution is 0.0793. The Morgan fingerprint density at radius 3 is 2.44 bits per heavy atom. The third-order valence-electron chi connectivity index (χ3n) is 4.50. The molecule has 100 valence electrons. The first kappa shape index (κ1) is 13.6. The van der Waals surface area contributed by atoms with Gasteiger partial charge in [-0.15, -0.1) is 0 Å². The van der Waals surface area contributed by atoms with Crippen molar-refractivity contribution >= 4 is 0 Å². The molecule has 2 unspecified atom stereocenters. The van der Waals surface area contributed by atoms with Crippen LogP contribution in [0.2, 0.25) is 0 Å². The first-order valence-corrected chi connectivity index (χ1v) is 7.25. The molecule has 2 atom stereocenters. The zero-order valence-electron chi connectivity index (χ0n) is 12.1. The summed E-state index contributed by atoms with van der Waals surface area (Å²) in [6.07, 6.45) is 6.11. The Balaban J connectivity index is 2.21. The van der Waals surface area contributed by atoms with Gasteiger partial charge in [-0.3, -0.25) is 0 Å². The van der Waals surface area contributed by atoms with Crippen molar-refractivity contribution in [1.82, 2.24) is 0 Å². The average molecular weight is 245 g/mol. The summed E-state index contributed by atoms with van der Waals surface area (Å²) in [4.78, 5) is 0. The van der Waals surface area contributed by atoms with Crippen LogP contribution in [0.25, 0.3) is 0 Å². The summed E-state index contributed by atoms with van der Waals surface area (Å²) in [6, 6.07) is 10.7. The number of benzene rings is 1. The van der Waals surface area contributed by atoms with Crippen LogP contribution in [-0.4, -0.2) is 5.54 Å². The third kappa shape index (κ3) is 2.95. The van der Waals surface area contributed by atoms with Gasteiger partial charge in [-0.05, 0) is 36.2 Å². The average Bonchev–Trinajstić information content (AvgIpc) is 2.28. The summed E-state index contributed by atoms with van der Waals surface area (Å²) in [7, 11) is 0. The molecule has 1 fully saturated rings. The van der Waals surface area contributed by atoms with Crippen LogP contribution in [0.4, 0.5) is 0 Å². The number of rotatable bonds is 2. The van der Waals surface area contributed by atoms with Gasteiger partial charge < -0.3 is 5.73 Å². The highest BCUT2D eigenvalue weighted by atomic mass is 14.8. The maximum atomic E-state index is 6.82. The standard InChI is InChI=1S/C17H27N/c1-16(2,3)15-11-7-8-12-17(15,18)13-14-9-5-4-6-10-14/h4-6,9-10,15H,7-8,11-13,18H2,1-3H3. The van der Waals surface area contributed by atoms with E-state index in [0.717, 1.165) is 6.42 Å². The molecule has 0 heterocycles. The van der Waals surface area contributed by atoms with Gasteiger partial charge in [0.05, 0.1) is 0 Å². The van der Waals surface area contributed by atoms with Crippen molar-refractivity contribution in [2.75, 3.05) is 0 Å². The minimum atomic E-state index is -0.0160. The molecule has 0 spiro atoms. The third-order valence-corrected chi connectivity index (χ3v) is 4.50. The van der Waals surface area contributed by atoms with Gasteiger partial charge in [0.2, 0.25) is 0 Å². The smallest absolute Gasteiger partial charge is 0.0228 e. The lowest BCUT2D eigenvalue weighted by atomic mass is 9.61. The van der Waals surface area contributed by atoms with E-state index in [4.69, 9.17) is 5.73 Å². The lowest BCUT2D eigenvalue weighted by Gasteiger charge is -2.48. The van der Waals surface area contributed by atoms with Gasteiger partial charge in [0, 0.05) is 5.54 Å². The molecule has 0 aliphatic heterocycles. The van der Waals surface area contributed by atoms with Crippen LogP contribution >= 0.6 is 0 Å². The molecule has 1 aromatic carbocycles. The van der Waals surface area contributed by atoms with Crippen molar-refractivity contribution < 1.29 is 0 Å².